The van der Waals surface area contributed by atoms with Crippen LogP contribution in [0.1, 0.15) is 5.56 Å². The van der Waals surface area contributed by atoms with E-state index in [-0.39, 0.29) is 17.9 Å². The van der Waals surface area contributed by atoms with Crippen molar-refractivity contribution >= 4 is 5.97 Å². The summed E-state index contributed by atoms with van der Waals surface area (Å²) in [4.78, 5) is 10.7. The number of methoxy groups -OCH3 is 1. The number of nitrogens with zero attached hydrogens (tertiary/aromatic N) is 1. The highest BCUT2D eigenvalue weighted by Crippen LogP contribution is 2.17. The van der Waals surface area contributed by atoms with Gasteiger partial charge in [-0.3, -0.25) is 0 Å². The van der Waals surface area contributed by atoms with Gasteiger partial charge in [0.2, 0.25) is 0 Å². The Kier molecular flexibility index (Phi) is 3.63. The summed E-state index contributed by atoms with van der Waals surface area (Å²) < 4.78 is 22.3. The molecule has 0 unspecified atom stereocenters. The summed E-state index contributed by atoms with van der Waals surface area (Å²) in [5.41, 5.74) is 0.193. The van der Waals surface area contributed by atoms with Gasteiger partial charge in [-0.25, -0.2) is 9.18 Å². The molecule has 1 rings (SSSR count). The molecule has 0 aliphatic carbocycles. The van der Waals surface area contributed by atoms with Crippen LogP contribution in [0.25, 0.3) is 0 Å². The van der Waals surface area contributed by atoms with Crippen LogP contribution in [0.5, 0.6) is 5.75 Å². The Labute approximate surface area is 85.8 Å². The van der Waals surface area contributed by atoms with Crippen molar-refractivity contribution in [3.05, 3.63) is 29.6 Å². The Morgan fingerprint density at radius 1 is 1.60 bits per heavy atom. The van der Waals surface area contributed by atoms with E-state index >= 15 is 0 Å². The smallest absolute Gasteiger partial charge is 0.343 e. The minimum absolute atomic E-state index is 0.0839. The average molecular weight is 209 g/mol. The van der Waals surface area contributed by atoms with Gasteiger partial charge in [-0.15, -0.1) is 0 Å². The molecule has 1 aromatic rings. The quantitative estimate of drug-likeness (QED) is 0.703. The van der Waals surface area contributed by atoms with Crippen LogP contribution in [0.15, 0.2) is 18.2 Å². The van der Waals surface area contributed by atoms with Crippen LogP contribution in [0.2, 0.25) is 0 Å². The van der Waals surface area contributed by atoms with E-state index < -0.39 is 11.8 Å². The molecule has 0 aromatic heterocycles. The normalized spacial score (nSPS) is 9.13. The maximum Gasteiger partial charge on any atom is 0.343 e. The van der Waals surface area contributed by atoms with Crippen molar-refractivity contribution in [3.63, 3.8) is 0 Å². The van der Waals surface area contributed by atoms with Crippen molar-refractivity contribution in [2.75, 3.05) is 13.7 Å². The first-order chi connectivity index (χ1) is 7.17. The molecule has 1 aromatic carbocycles. The van der Waals surface area contributed by atoms with Crippen molar-refractivity contribution in [2.24, 2.45) is 0 Å². The summed E-state index contributed by atoms with van der Waals surface area (Å²) in [6.45, 7) is -0.362. The number of hydrogen-bond donors (Lipinski definition) is 0. The summed E-state index contributed by atoms with van der Waals surface area (Å²) in [6.07, 6.45) is 0. The second kappa shape index (κ2) is 4.96. The molecule has 0 saturated carbocycles. The van der Waals surface area contributed by atoms with E-state index in [1.54, 1.807) is 6.07 Å². The van der Waals surface area contributed by atoms with Crippen molar-refractivity contribution in [3.8, 4) is 11.8 Å². The fraction of sp³-hybridized carbons (Fsp3) is 0.200. The van der Waals surface area contributed by atoms with Gasteiger partial charge in [0.25, 0.3) is 0 Å². The van der Waals surface area contributed by atoms with Gasteiger partial charge >= 0.3 is 5.97 Å². The zero-order valence-electron chi connectivity index (χ0n) is 7.99. The van der Waals surface area contributed by atoms with E-state index in [9.17, 15) is 9.18 Å². The summed E-state index contributed by atoms with van der Waals surface area (Å²) >= 11 is 0. The second-order valence-corrected chi connectivity index (χ2v) is 2.62. The van der Waals surface area contributed by atoms with Gasteiger partial charge in [0, 0.05) is 0 Å². The molecule has 5 heteroatoms. The lowest BCUT2D eigenvalue weighted by Gasteiger charge is -2.05. The Morgan fingerprint density at radius 3 is 2.87 bits per heavy atom. The van der Waals surface area contributed by atoms with Crippen molar-refractivity contribution in [2.45, 2.75) is 0 Å². The summed E-state index contributed by atoms with van der Waals surface area (Å²) in [6, 6.07) is 5.51. The number of rotatable bonds is 3. The molecule has 0 bridgehead atoms. The van der Waals surface area contributed by atoms with E-state index in [0.29, 0.717) is 0 Å². The molecule has 0 fully saturated rings. The number of ether oxygens (including phenoxy) is 2. The van der Waals surface area contributed by atoms with Crippen LogP contribution >= 0.6 is 0 Å². The van der Waals surface area contributed by atoms with Gasteiger partial charge in [-0.2, -0.15) is 5.26 Å². The Morgan fingerprint density at radius 2 is 2.33 bits per heavy atom. The first-order valence-corrected chi connectivity index (χ1v) is 4.06. The summed E-state index contributed by atoms with van der Waals surface area (Å²) in [5, 5.41) is 8.48. The van der Waals surface area contributed by atoms with Gasteiger partial charge in [0.1, 0.15) is 0 Å². The zero-order chi connectivity index (χ0) is 11.3. The predicted molar refractivity (Wildman–Crippen MR) is 48.6 cm³/mol. The van der Waals surface area contributed by atoms with Gasteiger partial charge in [0.05, 0.1) is 18.7 Å². The lowest BCUT2D eigenvalue weighted by atomic mass is 10.2. The number of benzene rings is 1. The monoisotopic (exact) mass is 209 g/mol. The number of carbonyl (C=O) groups is 1. The van der Waals surface area contributed by atoms with Crippen LogP contribution in [0.4, 0.5) is 4.39 Å². The van der Waals surface area contributed by atoms with E-state index in [1.807, 2.05) is 0 Å². The zero-order valence-corrected chi connectivity index (χ0v) is 7.99. The largest absolute Gasteiger partial charge is 0.479 e. The van der Waals surface area contributed by atoms with Crippen molar-refractivity contribution in [1.82, 2.24) is 0 Å². The van der Waals surface area contributed by atoms with Crippen LogP contribution in [0.3, 0.4) is 0 Å². The topological polar surface area (TPSA) is 59.3 Å². The highest BCUT2D eigenvalue weighted by molar-refractivity contribution is 5.70. The molecule has 0 spiro atoms. The third-order valence-corrected chi connectivity index (χ3v) is 1.63. The van der Waals surface area contributed by atoms with E-state index in [2.05, 4.69) is 4.74 Å². The molecule has 0 amide bonds. The van der Waals surface area contributed by atoms with Gasteiger partial charge < -0.3 is 9.47 Å². The molecule has 0 aliphatic heterocycles. The minimum Gasteiger partial charge on any atom is -0.479 e. The summed E-state index contributed by atoms with van der Waals surface area (Å²) in [7, 11) is 1.21. The molecular weight excluding hydrogens is 201 g/mol. The van der Waals surface area contributed by atoms with Crippen LogP contribution in [-0.4, -0.2) is 19.7 Å². The lowest BCUT2D eigenvalue weighted by molar-refractivity contribution is -0.142. The molecule has 15 heavy (non-hydrogen) atoms. The molecule has 0 saturated heterocycles. The second-order valence-electron chi connectivity index (χ2n) is 2.62. The molecule has 0 N–H and O–H groups in total. The standard InChI is InChI=1S/C10H8FNO3/c1-14-10(13)6-15-9-3-2-7(5-12)4-8(9)11/h2-4H,6H2,1H3. The Bertz CT molecular complexity index is 412. The molecular formula is C10H8FNO3. The number of esters is 1. The van der Waals surface area contributed by atoms with Crippen molar-refractivity contribution < 1.29 is 18.7 Å². The van der Waals surface area contributed by atoms with E-state index in [0.717, 1.165) is 6.07 Å². The summed E-state index contributed by atoms with van der Waals surface area (Å²) in [5.74, 6) is -1.36. The fourth-order valence-electron chi connectivity index (χ4n) is 0.883. The molecule has 0 heterocycles. The Hall–Kier alpha value is -2.09. The van der Waals surface area contributed by atoms with Gasteiger partial charge in [-0.1, -0.05) is 0 Å². The number of nitriles is 1. The molecule has 4 nitrogen and oxygen atoms in total. The molecule has 0 aliphatic rings. The predicted octanol–water partition coefficient (Wildman–Crippen LogP) is 1.25. The van der Waals surface area contributed by atoms with Gasteiger partial charge in [0.15, 0.2) is 18.2 Å². The Balaban J connectivity index is 2.71. The number of carbonyl (C=O) groups excluding carboxylic acids is 1. The van der Waals surface area contributed by atoms with Crippen molar-refractivity contribution in [1.29, 1.82) is 5.26 Å². The number of halogens is 1. The van der Waals surface area contributed by atoms with E-state index in [4.69, 9.17) is 10.00 Å². The highest BCUT2D eigenvalue weighted by atomic mass is 19.1. The van der Waals surface area contributed by atoms with Crippen LogP contribution in [0, 0.1) is 17.1 Å². The first kappa shape index (κ1) is 11.0. The molecule has 0 atom stereocenters. The molecule has 0 radical (unpaired) electrons. The third-order valence-electron chi connectivity index (χ3n) is 1.63. The van der Waals surface area contributed by atoms with Crippen LogP contribution in [-0.2, 0) is 9.53 Å². The molecule has 78 valence electrons. The maximum absolute atomic E-state index is 13.2. The van der Waals surface area contributed by atoms with Crippen LogP contribution < -0.4 is 4.74 Å². The maximum atomic E-state index is 13.2. The van der Waals surface area contributed by atoms with Gasteiger partial charge in [-0.05, 0) is 18.2 Å². The SMILES string of the molecule is COC(=O)COc1ccc(C#N)cc1F. The number of hydrogen-bond acceptors (Lipinski definition) is 4. The minimum atomic E-state index is -0.682. The fourth-order valence-corrected chi connectivity index (χ4v) is 0.883. The third kappa shape index (κ3) is 2.95. The lowest BCUT2D eigenvalue weighted by Crippen LogP contribution is -2.13. The average Bonchev–Trinajstić information content (AvgIpc) is 2.26. The highest BCUT2D eigenvalue weighted by Gasteiger charge is 2.07. The first-order valence-electron chi connectivity index (χ1n) is 4.06. The van der Waals surface area contributed by atoms with E-state index in [1.165, 1.54) is 19.2 Å².